The summed E-state index contributed by atoms with van der Waals surface area (Å²) in [5, 5.41) is 0. The van der Waals surface area contributed by atoms with Gasteiger partial charge in [-0.3, -0.25) is 4.79 Å². The van der Waals surface area contributed by atoms with Crippen LogP contribution in [0.5, 0.6) is 0 Å². The quantitative estimate of drug-likeness (QED) is 0.561. The molecule has 0 N–H and O–H groups in total. The molecule has 0 aromatic rings. The van der Waals surface area contributed by atoms with E-state index in [4.69, 9.17) is 0 Å². The lowest BCUT2D eigenvalue weighted by Crippen LogP contribution is -2.34. The molecule has 2 atom stereocenters. The van der Waals surface area contributed by atoms with Crippen molar-refractivity contribution in [1.29, 1.82) is 0 Å². The van der Waals surface area contributed by atoms with Gasteiger partial charge in [-0.25, -0.2) is 0 Å². The molecule has 0 aromatic carbocycles. The van der Waals surface area contributed by atoms with Gasteiger partial charge in [-0.2, -0.15) is 0 Å². The maximum atomic E-state index is 11.9. The van der Waals surface area contributed by atoms with E-state index in [0.29, 0.717) is 32.4 Å². The maximum Gasteiger partial charge on any atom is 0.222 e. The van der Waals surface area contributed by atoms with Gasteiger partial charge in [0.25, 0.3) is 0 Å². The first-order valence-electron chi connectivity index (χ1n) is 6.73. The van der Waals surface area contributed by atoms with Crippen molar-refractivity contribution in [3.05, 3.63) is 0 Å². The summed E-state index contributed by atoms with van der Waals surface area (Å²) in [6.07, 6.45) is 4.56. The third kappa shape index (κ3) is 7.20. The van der Waals surface area contributed by atoms with Crippen molar-refractivity contribution < 1.29 is 14.4 Å². The van der Waals surface area contributed by atoms with Crippen LogP contribution >= 0.6 is 0 Å². The highest BCUT2D eigenvalue weighted by molar-refractivity contribution is 5.76. The van der Waals surface area contributed by atoms with E-state index in [1.165, 1.54) is 0 Å². The monoisotopic (exact) mass is 255 g/mol. The van der Waals surface area contributed by atoms with E-state index in [0.717, 1.165) is 19.0 Å². The largest absolute Gasteiger partial charge is 0.343 e. The molecule has 0 aliphatic heterocycles. The van der Waals surface area contributed by atoms with Gasteiger partial charge in [0, 0.05) is 31.3 Å². The number of hydrogen-bond acceptors (Lipinski definition) is 3. The number of aldehydes is 2. The van der Waals surface area contributed by atoms with E-state index in [2.05, 4.69) is 0 Å². The molecule has 4 heteroatoms. The van der Waals surface area contributed by atoms with E-state index in [9.17, 15) is 14.4 Å². The Kier molecular flexibility index (Phi) is 9.15. The Morgan fingerprint density at radius 3 is 1.83 bits per heavy atom. The van der Waals surface area contributed by atoms with Gasteiger partial charge in [-0.15, -0.1) is 0 Å². The van der Waals surface area contributed by atoms with Crippen molar-refractivity contribution in [3.63, 3.8) is 0 Å². The second-order valence-electron chi connectivity index (χ2n) is 4.93. The Morgan fingerprint density at radius 2 is 1.50 bits per heavy atom. The standard InChI is InChI=1S/C14H25NO3/c1-4-5-14(18)15(8-6-12(2)10-16)9-7-13(3)11-17/h10-13H,4-9H2,1-3H3. The molecule has 4 nitrogen and oxygen atoms in total. The number of nitrogens with zero attached hydrogens (tertiary/aromatic N) is 1. The maximum absolute atomic E-state index is 11.9. The van der Waals surface area contributed by atoms with Crippen molar-refractivity contribution in [2.24, 2.45) is 11.8 Å². The van der Waals surface area contributed by atoms with Gasteiger partial charge in [0.1, 0.15) is 12.6 Å². The second kappa shape index (κ2) is 9.80. The number of carbonyl (C=O) groups is 3. The minimum Gasteiger partial charge on any atom is -0.343 e. The van der Waals surface area contributed by atoms with Crippen LogP contribution in [0, 0.1) is 11.8 Å². The summed E-state index contributed by atoms with van der Waals surface area (Å²) in [5.41, 5.74) is 0. The van der Waals surface area contributed by atoms with Gasteiger partial charge >= 0.3 is 0 Å². The summed E-state index contributed by atoms with van der Waals surface area (Å²) in [5.74, 6) is 0.0736. The first-order valence-corrected chi connectivity index (χ1v) is 6.73. The Hall–Kier alpha value is -1.19. The summed E-state index contributed by atoms with van der Waals surface area (Å²) in [7, 11) is 0. The minimum atomic E-state index is -0.0228. The molecular weight excluding hydrogens is 230 g/mol. The third-order valence-electron chi connectivity index (χ3n) is 2.99. The predicted molar refractivity (Wildman–Crippen MR) is 71.2 cm³/mol. The molecule has 0 saturated heterocycles. The van der Waals surface area contributed by atoms with Crippen molar-refractivity contribution in [1.82, 2.24) is 4.90 Å². The molecule has 0 aliphatic carbocycles. The van der Waals surface area contributed by atoms with E-state index in [1.54, 1.807) is 4.90 Å². The molecule has 0 aromatic heterocycles. The molecule has 0 aliphatic rings. The average Bonchev–Trinajstić information content (AvgIpc) is 2.37. The molecule has 0 rings (SSSR count). The third-order valence-corrected chi connectivity index (χ3v) is 2.99. The van der Waals surface area contributed by atoms with Crippen LogP contribution in [0.2, 0.25) is 0 Å². The summed E-state index contributed by atoms with van der Waals surface area (Å²) in [6, 6.07) is 0. The number of carbonyl (C=O) groups excluding carboxylic acids is 3. The predicted octanol–water partition coefficient (Wildman–Crippen LogP) is 2.07. The molecule has 104 valence electrons. The molecule has 18 heavy (non-hydrogen) atoms. The lowest BCUT2D eigenvalue weighted by atomic mass is 10.1. The molecule has 0 bridgehead atoms. The summed E-state index contributed by atoms with van der Waals surface area (Å²) in [4.78, 5) is 34.8. The molecule has 0 fully saturated rings. The number of rotatable bonds is 10. The van der Waals surface area contributed by atoms with Crippen LogP contribution in [0.25, 0.3) is 0 Å². The molecule has 2 unspecified atom stereocenters. The van der Waals surface area contributed by atoms with Crippen molar-refractivity contribution >= 4 is 18.5 Å². The van der Waals surface area contributed by atoms with E-state index < -0.39 is 0 Å². The summed E-state index contributed by atoms with van der Waals surface area (Å²) in [6.45, 7) is 6.87. The second-order valence-corrected chi connectivity index (χ2v) is 4.93. The first kappa shape index (κ1) is 16.8. The van der Waals surface area contributed by atoms with Crippen molar-refractivity contribution in [3.8, 4) is 0 Å². The van der Waals surface area contributed by atoms with E-state index in [1.807, 2.05) is 20.8 Å². The fraction of sp³-hybridized carbons (Fsp3) is 0.786. The zero-order chi connectivity index (χ0) is 14.0. The fourth-order valence-electron chi connectivity index (χ4n) is 1.59. The Labute approximate surface area is 110 Å². The number of hydrogen-bond donors (Lipinski definition) is 0. The fourth-order valence-corrected chi connectivity index (χ4v) is 1.59. The Morgan fingerprint density at radius 1 is 1.06 bits per heavy atom. The van der Waals surface area contributed by atoms with Crippen LogP contribution in [-0.4, -0.2) is 36.5 Å². The van der Waals surface area contributed by atoms with Crippen molar-refractivity contribution in [2.45, 2.75) is 46.5 Å². The highest BCUT2D eigenvalue weighted by Gasteiger charge is 2.14. The van der Waals surface area contributed by atoms with Gasteiger partial charge in [0.05, 0.1) is 0 Å². The van der Waals surface area contributed by atoms with Gasteiger partial charge in [-0.1, -0.05) is 20.8 Å². The zero-order valence-corrected chi connectivity index (χ0v) is 11.7. The smallest absolute Gasteiger partial charge is 0.222 e. The SMILES string of the molecule is CCCC(=O)N(CCC(C)C=O)CCC(C)C=O. The molecule has 0 saturated carbocycles. The topological polar surface area (TPSA) is 54.5 Å². The molecule has 0 spiro atoms. The molecule has 0 radical (unpaired) electrons. The van der Waals surface area contributed by atoms with E-state index >= 15 is 0 Å². The molecule has 0 heterocycles. The zero-order valence-electron chi connectivity index (χ0n) is 11.7. The lowest BCUT2D eigenvalue weighted by molar-refractivity contribution is -0.132. The molecular formula is C14H25NO3. The average molecular weight is 255 g/mol. The minimum absolute atomic E-state index is 0.0228. The van der Waals surface area contributed by atoms with Crippen LogP contribution in [0.1, 0.15) is 46.5 Å². The molecule has 1 amide bonds. The Balaban J connectivity index is 4.27. The first-order chi connectivity index (χ1) is 8.54. The van der Waals surface area contributed by atoms with Gasteiger partial charge in [-0.05, 0) is 19.3 Å². The lowest BCUT2D eigenvalue weighted by Gasteiger charge is -2.24. The summed E-state index contributed by atoms with van der Waals surface area (Å²) >= 11 is 0. The normalized spacial score (nSPS) is 13.7. The van der Waals surface area contributed by atoms with Crippen molar-refractivity contribution in [2.75, 3.05) is 13.1 Å². The van der Waals surface area contributed by atoms with E-state index in [-0.39, 0.29) is 17.7 Å². The summed E-state index contributed by atoms with van der Waals surface area (Å²) < 4.78 is 0. The van der Waals surface area contributed by atoms with Gasteiger partial charge in [0.2, 0.25) is 5.91 Å². The van der Waals surface area contributed by atoms with Crippen LogP contribution in [0.4, 0.5) is 0 Å². The highest BCUT2D eigenvalue weighted by atomic mass is 16.2. The Bertz CT molecular complexity index is 248. The highest BCUT2D eigenvalue weighted by Crippen LogP contribution is 2.07. The van der Waals surface area contributed by atoms with Gasteiger partial charge < -0.3 is 14.5 Å². The van der Waals surface area contributed by atoms with Crippen LogP contribution in [-0.2, 0) is 14.4 Å². The van der Waals surface area contributed by atoms with Crippen LogP contribution in [0.3, 0.4) is 0 Å². The van der Waals surface area contributed by atoms with Crippen LogP contribution < -0.4 is 0 Å². The van der Waals surface area contributed by atoms with Crippen LogP contribution in [0.15, 0.2) is 0 Å². The van der Waals surface area contributed by atoms with Gasteiger partial charge in [0.15, 0.2) is 0 Å². The number of amides is 1.